The summed E-state index contributed by atoms with van der Waals surface area (Å²) in [4.78, 5) is 33.7. The van der Waals surface area contributed by atoms with Gasteiger partial charge in [-0.25, -0.2) is 9.97 Å². The molecule has 1 amide bonds. The zero-order chi connectivity index (χ0) is 22.5. The van der Waals surface area contributed by atoms with Crippen LogP contribution in [-0.2, 0) is 0 Å². The molecule has 32 heavy (non-hydrogen) atoms. The van der Waals surface area contributed by atoms with E-state index in [9.17, 15) is 9.59 Å². The van der Waals surface area contributed by atoms with Gasteiger partial charge in [0.25, 0.3) is 5.91 Å². The fourth-order valence-corrected chi connectivity index (χ4v) is 4.17. The number of ketones is 1. The van der Waals surface area contributed by atoms with Gasteiger partial charge in [-0.3, -0.25) is 9.59 Å². The normalized spacial score (nSPS) is 18.1. The Kier molecular flexibility index (Phi) is 6.56. The Morgan fingerprint density at radius 2 is 1.81 bits per heavy atom. The summed E-state index contributed by atoms with van der Waals surface area (Å²) < 4.78 is 0. The molecule has 4 rings (SSSR count). The minimum atomic E-state index is -0.186. The molecule has 0 aliphatic heterocycles. The van der Waals surface area contributed by atoms with Gasteiger partial charge in [0, 0.05) is 35.1 Å². The van der Waals surface area contributed by atoms with Gasteiger partial charge in [-0.2, -0.15) is 0 Å². The lowest BCUT2D eigenvalue weighted by Crippen LogP contribution is -2.49. The second-order valence-electron chi connectivity index (χ2n) is 8.11. The molecule has 7 nitrogen and oxygen atoms in total. The third-order valence-electron chi connectivity index (χ3n) is 5.85. The van der Waals surface area contributed by atoms with Crippen LogP contribution in [0.3, 0.4) is 0 Å². The lowest BCUT2D eigenvalue weighted by atomic mass is 9.89. The van der Waals surface area contributed by atoms with Crippen molar-refractivity contribution in [1.29, 1.82) is 0 Å². The van der Waals surface area contributed by atoms with E-state index in [2.05, 4.69) is 20.6 Å². The van der Waals surface area contributed by atoms with Gasteiger partial charge in [-0.15, -0.1) is 0 Å². The van der Waals surface area contributed by atoms with Crippen molar-refractivity contribution in [3.63, 3.8) is 0 Å². The maximum Gasteiger partial charge on any atom is 0.252 e. The number of benzene rings is 2. The molecule has 3 aromatic rings. The molecule has 0 radical (unpaired) electrons. The highest BCUT2D eigenvalue weighted by atomic mass is 16.1. The van der Waals surface area contributed by atoms with E-state index in [4.69, 9.17) is 5.73 Å². The van der Waals surface area contributed by atoms with Gasteiger partial charge in [-0.05, 0) is 55.2 Å². The third kappa shape index (κ3) is 4.84. The lowest BCUT2D eigenvalue weighted by molar-refractivity contribution is 0.0921. The van der Waals surface area contributed by atoms with Crippen LogP contribution < -0.4 is 16.4 Å². The number of rotatable bonds is 6. The highest BCUT2D eigenvalue weighted by Crippen LogP contribution is 2.31. The van der Waals surface area contributed by atoms with E-state index in [0.717, 1.165) is 31.4 Å². The van der Waals surface area contributed by atoms with E-state index in [0.29, 0.717) is 28.1 Å². The summed E-state index contributed by atoms with van der Waals surface area (Å²) in [6, 6.07) is 14.5. The van der Waals surface area contributed by atoms with Crippen LogP contribution in [0.2, 0.25) is 0 Å². The number of hydrogen-bond donors (Lipinski definition) is 3. The summed E-state index contributed by atoms with van der Waals surface area (Å²) in [6.07, 6.45) is 7.04. The summed E-state index contributed by atoms with van der Waals surface area (Å²) in [7, 11) is 0. The van der Waals surface area contributed by atoms with Gasteiger partial charge in [0.05, 0.1) is 0 Å². The molecule has 1 heterocycles. The van der Waals surface area contributed by atoms with Crippen molar-refractivity contribution in [2.75, 3.05) is 5.32 Å². The van der Waals surface area contributed by atoms with Crippen LogP contribution in [0.5, 0.6) is 0 Å². The highest BCUT2D eigenvalue weighted by molar-refractivity contribution is 6.07. The van der Waals surface area contributed by atoms with Gasteiger partial charge >= 0.3 is 0 Å². The van der Waals surface area contributed by atoms with Gasteiger partial charge < -0.3 is 16.4 Å². The summed E-state index contributed by atoms with van der Waals surface area (Å²) in [5.41, 5.74) is 9.46. The Hall–Kier alpha value is -3.58. The van der Waals surface area contributed by atoms with Crippen LogP contribution in [-0.4, -0.2) is 33.7 Å². The first-order chi connectivity index (χ1) is 15.5. The fourth-order valence-electron chi connectivity index (χ4n) is 4.17. The quantitative estimate of drug-likeness (QED) is 0.509. The summed E-state index contributed by atoms with van der Waals surface area (Å²) in [6.45, 7) is 1.53. The van der Waals surface area contributed by atoms with Gasteiger partial charge in [-0.1, -0.05) is 37.1 Å². The Balaban J connectivity index is 1.74. The lowest BCUT2D eigenvalue weighted by Gasteiger charge is -2.29. The molecule has 2 unspecified atom stereocenters. The van der Waals surface area contributed by atoms with E-state index in [1.807, 2.05) is 30.3 Å². The van der Waals surface area contributed by atoms with Crippen molar-refractivity contribution in [1.82, 2.24) is 15.3 Å². The summed E-state index contributed by atoms with van der Waals surface area (Å²) in [5, 5.41) is 6.35. The molecular formula is C25H27N5O2. The van der Waals surface area contributed by atoms with Crippen molar-refractivity contribution >= 4 is 23.2 Å². The molecule has 7 heteroatoms. The minimum absolute atomic E-state index is 0.0423. The number of carbonyl (C=O) groups is 2. The fraction of sp³-hybridized carbons (Fsp3) is 0.280. The molecular weight excluding hydrogens is 402 g/mol. The van der Waals surface area contributed by atoms with Crippen LogP contribution in [0.15, 0.2) is 61.1 Å². The molecule has 164 valence electrons. The predicted octanol–water partition coefficient (Wildman–Crippen LogP) is 4.09. The Morgan fingerprint density at radius 1 is 1.00 bits per heavy atom. The monoisotopic (exact) mass is 429 g/mol. The second kappa shape index (κ2) is 9.70. The number of nitrogens with one attached hydrogen (secondary N) is 2. The standard InChI is InChI=1S/C25H27N5O2/c1-16(31)18-6-2-3-7-19(18)21-14-17(29-24-12-13-27-15-28-24)10-11-20(21)25(32)30-23-9-5-4-8-22(23)26/h2-3,6-7,10-15,22-23H,4-5,8-9,26H2,1H3,(H,30,32)(H,27,28,29). The smallest absolute Gasteiger partial charge is 0.252 e. The maximum atomic E-state index is 13.3. The van der Waals surface area contributed by atoms with E-state index in [1.54, 1.807) is 24.4 Å². The van der Waals surface area contributed by atoms with E-state index >= 15 is 0 Å². The summed E-state index contributed by atoms with van der Waals surface area (Å²) in [5.74, 6) is 0.390. The molecule has 0 bridgehead atoms. The van der Waals surface area contributed by atoms with Crippen molar-refractivity contribution in [2.45, 2.75) is 44.7 Å². The molecule has 1 aliphatic rings. The van der Waals surface area contributed by atoms with E-state index in [-0.39, 0.29) is 23.8 Å². The molecule has 1 aromatic heterocycles. The third-order valence-corrected chi connectivity index (χ3v) is 5.85. The van der Waals surface area contributed by atoms with Gasteiger partial charge in [0.2, 0.25) is 0 Å². The molecule has 0 spiro atoms. The number of nitrogens with two attached hydrogens (primary N) is 1. The predicted molar refractivity (Wildman–Crippen MR) is 125 cm³/mol. The van der Waals surface area contributed by atoms with Crippen LogP contribution >= 0.6 is 0 Å². The van der Waals surface area contributed by atoms with E-state index < -0.39 is 0 Å². The maximum absolute atomic E-state index is 13.3. The first-order valence-corrected chi connectivity index (χ1v) is 10.9. The molecule has 1 fully saturated rings. The minimum Gasteiger partial charge on any atom is -0.348 e. The number of carbonyl (C=O) groups excluding carboxylic acids is 2. The average molecular weight is 430 g/mol. The zero-order valence-corrected chi connectivity index (χ0v) is 18.0. The van der Waals surface area contributed by atoms with Crippen LogP contribution in [0.1, 0.15) is 53.3 Å². The van der Waals surface area contributed by atoms with Crippen LogP contribution in [0, 0.1) is 0 Å². The number of aromatic nitrogens is 2. The SMILES string of the molecule is CC(=O)c1ccccc1-c1cc(Nc2ccncn2)ccc1C(=O)NC1CCCCC1N. The molecule has 4 N–H and O–H groups in total. The topological polar surface area (TPSA) is 110 Å². The number of nitrogens with zero attached hydrogens (tertiary/aromatic N) is 2. The highest BCUT2D eigenvalue weighted by Gasteiger charge is 2.25. The molecule has 1 saturated carbocycles. The average Bonchev–Trinajstić information content (AvgIpc) is 2.81. The Morgan fingerprint density at radius 3 is 2.56 bits per heavy atom. The van der Waals surface area contributed by atoms with Crippen molar-refractivity contribution < 1.29 is 9.59 Å². The van der Waals surface area contributed by atoms with Crippen molar-refractivity contribution in [2.24, 2.45) is 5.73 Å². The number of anilines is 2. The molecule has 0 saturated heterocycles. The van der Waals surface area contributed by atoms with Gasteiger partial charge in [0.1, 0.15) is 12.1 Å². The van der Waals surface area contributed by atoms with Gasteiger partial charge in [0.15, 0.2) is 5.78 Å². The Labute approximate surface area is 187 Å². The number of Topliss-reactive ketones (excluding diaryl/α,β-unsaturated/α-hetero) is 1. The molecule has 2 aromatic carbocycles. The number of hydrogen-bond acceptors (Lipinski definition) is 6. The Bertz CT molecular complexity index is 1120. The van der Waals surface area contributed by atoms with Crippen molar-refractivity contribution in [3.8, 4) is 11.1 Å². The number of amides is 1. The first kappa shape index (κ1) is 21.6. The van der Waals surface area contributed by atoms with Crippen LogP contribution in [0.25, 0.3) is 11.1 Å². The molecule has 1 aliphatic carbocycles. The van der Waals surface area contributed by atoms with E-state index in [1.165, 1.54) is 13.3 Å². The summed E-state index contributed by atoms with van der Waals surface area (Å²) >= 11 is 0. The van der Waals surface area contributed by atoms with Crippen LogP contribution in [0.4, 0.5) is 11.5 Å². The molecule has 2 atom stereocenters. The second-order valence-corrected chi connectivity index (χ2v) is 8.11. The van der Waals surface area contributed by atoms with Crippen molar-refractivity contribution in [3.05, 3.63) is 72.2 Å². The largest absolute Gasteiger partial charge is 0.348 e. The first-order valence-electron chi connectivity index (χ1n) is 10.9. The zero-order valence-electron chi connectivity index (χ0n) is 18.0.